The van der Waals surface area contributed by atoms with Crippen molar-refractivity contribution in [2.75, 3.05) is 46.1 Å². The lowest BCUT2D eigenvalue weighted by Gasteiger charge is -2.30. The van der Waals surface area contributed by atoms with Gasteiger partial charge in [0.1, 0.15) is 5.75 Å². The van der Waals surface area contributed by atoms with Gasteiger partial charge in [0.15, 0.2) is 0 Å². The molecule has 0 spiro atoms. The first kappa shape index (κ1) is 14.6. The summed E-state index contributed by atoms with van der Waals surface area (Å²) in [5, 5.41) is 2.87. The summed E-state index contributed by atoms with van der Waals surface area (Å²) in [5.74, 6) is 0.294. The van der Waals surface area contributed by atoms with Gasteiger partial charge in [-0.1, -0.05) is 0 Å². The molecule has 1 heterocycles. The first-order valence-electron chi connectivity index (χ1n) is 6.62. The van der Waals surface area contributed by atoms with Crippen LogP contribution in [0.15, 0.2) is 18.2 Å². The zero-order valence-corrected chi connectivity index (χ0v) is 11.9. The number of likely N-dealkylation sites (N-methyl/N-ethyl adjacent to an activating group) is 1. The number of morpholine rings is 1. The molecule has 6 heteroatoms. The Bertz CT molecular complexity index is 479. The number of hydrogen-bond donors (Lipinski definition) is 2. The lowest BCUT2D eigenvalue weighted by atomic mass is 10.1. The summed E-state index contributed by atoms with van der Waals surface area (Å²) in [4.78, 5) is 14.3. The normalized spacial score (nSPS) is 19.6. The number of nitrogens with two attached hydrogens (primary N) is 1. The predicted octanol–water partition coefficient (Wildman–Crippen LogP) is 0.338. The molecule has 1 fully saturated rings. The second-order valence-corrected chi connectivity index (χ2v) is 4.92. The molecule has 1 unspecified atom stereocenters. The van der Waals surface area contributed by atoms with Crippen molar-refractivity contribution >= 4 is 11.6 Å². The SMILES string of the molecule is COc1cc(N)ccc1C(=O)NCC1CN(C)CCO1. The van der Waals surface area contributed by atoms with E-state index in [4.69, 9.17) is 15.2 Å². The maximum atomic E-state index is 12.2. The first-order chi connectivity index (χ1) is 9.60. The van der Waals surface area contributed by atoms with Crippen LogP contribution in [0.1, 0.15) is 10.4 Å². The average Bonchev–Trinajstić information content (AvgIpc) is 2.44. The van der Waals surface area contributed by atoms with E-state index in [2.05, 4.69) is 10.2 Å². The third kappa shape index (κ3) is 3.61. The van der Waals surface area contributed by atoms with E-state index in [1.807, 2.05) is 7.05 Å². The standard InChI is InChI=1S/C14H21N3O3/c1-17-5-6-20-11(9-17)8-16-14(18)12-4-3-10(15)7-13(12)19-2/h3-4,7,11H,5-6,8-9,15H2,1-2H3,(H,16,18). The molecule has 0 saturated carbocycles. The highest BCUT2D eigenvalue weighted by molar-refractivity contribution is 5.97. The van der Waals surface area contributed by atoms with Gasteiger partial charge in [0.25, 0.3) is 5.91 Å². The Morgan fingerprint density at radius 2 is 2.40 bits per heavy atom. The van der Waals surface area contributed by atoms with E-state index in [1.165, 1.54) is 7.11 Å². The Hall–Kier alpha value is -1.79. The third-order valence-electron chi connectivity index (χ3n) is 3.30. The minimum atomic E-state index is -0.182. The van der Waals surface area contributed by atoms with Gasteiger partial charge in [-0.2, -0.15) is 0 Å². The Labute approximate surface area is 118 Å². The van der Waals surface area contributed by atoms with Crippen molar-refractivity contribution in [1.29, 1.82) is 0 Å². The molecular weight excluding hydrogens is 258 g/mol. The lowest BCUT2D eigenvalue weighted by Crippen LogP contribution is -2.45. The van der Waals surface area contributed by atoms with E-state index in [-0.39, 0.29) is 12.0 Å². The van der Waals surface area contributed by atoms with Gasteiger partial charge in [-0.05, 0) is 19.2 Å². The molecule has 1 saturated heterocycles. The van der Waals surface area contributed by atoms with Crippen molar-refractivity contribution in [2.24, 2.45) is 0 Å². The number of ether oxygens (including phenoxy) is 2. The van der Waals surface area contributed by atoms with Crippen molar-refractivity contribution < 1.29 is 14.3 Å². The minimum Gasteiger partial charge on any atom is -0.496 e. The quantitative estimate of drug-likeness (QED) is 0.777. The number of nitrogens with one attached hydrogen (secondary N) is 1. The highest BCUT2D eigenvalue weighted by Gasteiger charge is 2.19. The van der Waals surface area contributed by atoms with Crippen LogP contribution in [0, 0.1) is 0 Å². The molecule has 20 heavy (non-hydrogen) atoms. The highest BCUT2D eigenvalue weighted by atomic mass is 16.5. The molecule has 1 atom stereocenters. The van der Waals surface area contributed by atoms with E-state index in [1.54, 1.807) is 18.2 Å². The molecule has 2 rings (SSSR count). The Balaban J connectivity index is 1.94. The molecule has 6 nitrogen and oxygen atoms in total. The van der Waals surface area contributed by atoms with E-state index < -0.39 is 0 Å². The largest absolute Gasteiger partial charge is 0.496 e. The van der Waals surface area contributed by atoms with Gasteiger partial charge < -0.3 is 25.4 Å². The first-order valence-corrected chi connectivity index (χ1v) is 6.62. The maximum Gasteiger partial charge on any atom is 0.255 e. The molecule has 1 aromatic carbocycles. The van der Waals surface area contributed by atoms with Crippen LogP contribution in [0.4, 0.5) is 5.69 Å². The number of nitrogen functional groups attached to an aromatic ring is 1. The number of rotatable bonds is 4. The number of amides is 1. The van der Waals surface area contributed by atoms with E-state index in [0.29, 0.717) is 30.2 Å². The molecule has 1 aromatic rings. The fourth-order valence-electron chi connectivity index (χ4n) is 2.19. The fourth-order valence-corrected chi connectivity index (χ4v) is 2.19. The number of methoxy groups -OCH3 is 1. The fraction of sp³-hybridized carbons (Fsp3) is 0.500. The van der Waals surface area contributed by atoms with Crippen LogP contribution in [0.25, 0.3) is 0 Å². The van der Waals surface area contributed by atoms with Crippen LogP contribution in [-0.2, 0) is 4.74 Å². The summed E-state index contributed by atoms with van der Waals surface area (Å²) in [5.41, 5.74) is 6.72. The van der Waals surface area contributed by atoms with Crippen LogP contribution in [0.3, 0.4) is 0 Å². The number of anilines is 1. The molecule has 0 bridgehead atoms. The van der Waals surface area contributed by atoms with E-state index in [0.717, 1.165) is 13.1 Å². The van der Waals surface area contributed by atoms with Gasteiger partial charge in [0.2, 0.25) is 0 Å². The zero-order valence-electron chi connectivity index (χ0n) is 11.9. The Morgan fingerprint density at radius 3 is 3.10 bits per heavy atom. The van der Waals surface area contributed by atoms with Crippen molar-refractivity contribution in [2.45, 2.75) is 6.10 Å². The Kier molecular flexibility index (Phi) is 4.81. The van der Waals surface area contributed by atoms with Gasteiger partial charge in [0.05, 0.1) is 25.4 Å². The molecule has 1 aliphatic heterocycles. The monoisotopic (exact) mass is 279 g/mol. The molecule has 0 aliphatic carbocycles. The summed E-state index contributed by atoms with van der Waals surface area (Å²) in [7, 11) is 3.56. The summed E-state index contributed by atoms with van der Waals surface area (Å²) in [6, 6.07) is 4.99. The number of carbonyl (C=O) groups is 1. The topological polar surface area (TPSA) is 76.8 Å². The second kappa shape index (κ2) is 6.58. The van der Waals surface area contributed by atoms with Crippen LogP contribution in [0.2, 0.25) is 0 Å². The van der Waals surface area contributed by atoms with Gasteiger partial charge >= 0.3 is 0 Å². The second-order valence-electron chi connectivity index (χ2n) is 4.92. The zero-order chi connectivity index (χ0) is 14.5. The van der Waals surface area contributed by atoms with Crippen molar-refractivity contribution in [1.82, 2.24) is 10.2 Å². The number of carbonyl (C=O) groups excluding carboxylic acids is 1. The van der Waals surface area contributed by atoms with E-state index in [9.17, 15) is 4.79 Å². The molecule has 110 valence electrons. The van der Waals surface area contributed by atoms with Gasteiger partial charge in [0, 0.05) is 31.4 Å². The smallest absolute Gasteiger partial charge is 0.255 e. The summed E-state index contributed by atoms with van der Waals surface area (Å²) < 4.78 is 10.8. The summed E-state index contributed by atoms with van der Waals surface area (Å²) in [6.07, 6.45) is 0.0254. The van der Waals surface area contributed by atoms with Crippen LogP contribution < -0.4 is 15.8 Å². The summed E-state index contributed by atoms with van der Waals surface area (Å²) in [6.45, 7) is 2.92. The maximum absolute atomic E-state index is 12.2. The van der Waals surface area contributed by atoms with Crippen LogP contribution >= 0.6 is 0 Å². The minimum absolute atomic E-state index is 0.0254. The molecule has 3 N–H and O–H groups in total. The van der Waals surface area contributed by atoms with Crippen LogP contribution in [0.5, 0.6) is 5.75 Å². The number of nitrogens with zero attached hydrogens (tertiary/aromatic N) is 1. The molecule has 0 aromatic heterocycles. The van der Waals surface area contributed by atoms with Gasteiger partial charge in [-0.25, -0.2) is 0 Å². The van der Waals surface area contributed by atoms with Gasteiger partial charge in [-0.3, -0.25) is 4.79 Å². The highest BCUT2D eigenvalue weighted by Crippen LogP contribution is 2.21. The molecule has 1 aliphatic rings. The van der Waals surface area contributed by atoms with Crippen molar-refractivity contribution in [3.05, 3.63) is 23.8 Å². The Morgan fingerprint density at radius 1 is 1.60 bits per heavy atom. The van der Waals surface area contributed by atoms with Crippen molar-refractivity contribution in [3.8, 4) is 5.75 Å². The number of hydrogen-bond acceptors (Lipinski definition) is 5. The lowest BCUT2D eigenvalue weighted by molar-refractivity contribution is -0.0175. The number of benzene rings is 1. The van der Waals surface area contributed by atoms with Gasteiger partial charge in [-0.15, -0.1) is 0 Å². The van der Waals surface area contributed by atoms with Crippen molar-refractivity contribution in [3.63, 3.8) is 0 Å². The molecular formula is C14H21N3O3. The summed E-state index contributed by atoms with van der Waals surface area (Å²) >= 11 is 0. The van der Waals surface area contributed by atoms with Crippen LogP contribution in [-0.4, -0.2) is 57.3 Å². The molecule has 1 amide bonds. The predicted molar refractivity (Wildman–Crippen MR) is 77.0 cm³/mol. The third-order valence-corrected chi connectivity index (χ3v) is 3.30. The average molecular weight is 279 g/mol. The van der Waals surface area contributed by atoms with E-state index >= 15 is 0 Å². The molecule has 0 radical (unpaired) electrons.